The van der Waals surface area contributed by atoms with Crippen molar-refractivity contribution in [3.8, 4) is 16.9 Å². The molecule has 1 aliphatic heterocycles. The number of rotatable bonds is 5. The van der Waals surface area contributed by atoms with Crippen LogP contribution in [0.4, 0.5) is 0 Å². The maximum atomic E-state index is 5.98. The largest absolute Gasteiger partial charge is 0.493 e. The average Bonchev–Trinajstić information content (AvgIpc) is 3.53. The molecule has 2 heteroatoms. The summed E-state index contributed by atoms with van der Waals surface area (Å²) < 4.78 is 5.98. The Morgan fingerprint density at radius 3 is 1.97 bits per heavy atom. The summed E-state index contributed by atoms with van der Waals surface area (Å²) in [5.74, 6) is 3.81. The molecule has 1 heterocycles. The van der Waals surface area contributed by atoms with E-state index < -0.39 is 0 Å². The van der Waals surface area contributed by atoms with E-state index in [0.717, 1.165) is 25.2 Å². The summed E-state index contributed by atoms with van der Waals surface area (Å²) in [7, 11) is 0.464. The molecule has 0 unspecified atom stereocenters. The second kappa shape index (κ2) is 10.5. The zero-order valence-electron chi connectivity index (χ0n) is 19.6. The Balaban J connectivity index is 0.000000151. The summed E-state index contributed by atoms with van der Waals surface area (Å²) in [6.07, 6.45) is 6.20. The van der Waals surface area contributed by atoms with Crippen molar-refractivity contribution in [3.63, 3.8) is 0 Å². The summed E-state index contributed by atoms with van der Waals surface area (Å²) in [5, 5.41) is 2.70. The Bertz CT molecular complexity index is 1180. The van der Waals surface area contributed by atoms with E-state index in [4.69, 9.17) is 4.74 Å². The molecule has 0 radical (unpaired) electrons. The number of hydrogen-bond acceptors (Lipinski definition) is 1. The monoisotopic (exact) mass is 453 g/mol. The molecule has 33 heavy (non-hydrogen) atoms. The van der Waals surface area contributed by atoms with E-state index in [0.29, 0.717) is 10.9 Å². The number of benzene rings is 4. The number of unbranched alkanes of at least 4 members (excludes halogenated alkanes) is 1. The molecule has 1 aliphatic carbocycles. The third-order valence-electron chi connectivity index (χ3n) is 6.65. The average molecular weight is 454 g/mol. The lowest BCUT2D eigenvalue weighted by molar-refractivity contribution is 0.313. The minimum atomic E-state index is 0.464. The fourth-order valence-electron chi connectivity index (χ4n) is 4.90. The first-order valence-electron chi connectivity index (χ1n) is 12.3. The van der Waals surface area contributed by atoms with Gasteiger partial charge in [-0.05, 0) is 66.1 Å². The number of ether oxygens (including phenoxy) is 1. The molecule has 1 saturated heterocycles. The van der Waals surface area contributed by atoms with Crippen LogP contribution in [-0.4, -0.2) is 18.1 Å². The first-order valence-corrected chi connectivity index (χ1v) is 13.9. The highest BCUT2D eigenvalue weighted by molar-refractivity contribution is 7.97. The first kappa shape index (κ1) is 22.1. The normalized spacial score (nSPS) is 14.5. The molecule has 1 fully saturated rings. The van der Waals surface area contributed by atoms with Crippen LogP contribution in [0.2, 0.25) is 0 Å². The molecule has 0 N–H and O–H groups in total. The van der Waals surface area contributed by atoms with Gasteiger partial charge in [0.15, 0.2) is 4.90 Å². The summed E-state index contributed by atoms with van der Waals surface area (Å²) in [4.78, 5) is 1.56. The van der Waals surface area contributed by atoms with E-state index in [9.17, 15) is 0 Å². The first-order chi connectivity index (χ1) is 16.3. The lowest BCUT2D eigenvalue weighted by Crippen LogP contribution is -2.05. The van der Waals surface area contributed by atoms with Gasteiger partial charge in [0.1, 0.15) is 17.3 Å². The van der Waals surface area contributed by atoms with Crippen molar-refractivity contribution in [1.29, 1.82) is 0 Å². The minimum absolute atomic E-state index is 0.464. The van der Waals surface area contributed by atoms with Gasteiger partial charge >= 0.3 is 0 Å². The standard InChI is InChI=1S/C18H23OS.C13H10/c1-2-3-12-19-17-10-11-18(20-13-6-7-14-20)16-9-5-4-8-15(16)17;1-3-7-12-10(5-1)9-11-6-2-4-8-13(11)12/h4-5,8-11H,2-3,6-7,12-14H2,1H3;1-8H,9H2/q+1;. The van der Waals surface area contributed by atoms with Crippen LogP contribution < -0.4 is 4.74 Å². The van der Waals surface area contributed by atoms with Crippen molar-refractivity contribution in [1.82, 2.24) is 0 Å². The molecule has 0 saturated carbocycles. The Kier molecular flexibility index (Phi) is 7.02. The Morgan fingerprint density at radius 1 is 0.697 bits per heavy atom. The molecular formula is C31H33OS+. The second-order valence-electron chi connectivity index (χ2n) is 8.91. The number of fused-ring (bicyclic) bond motifs is 4. The maximum Gasteiger partial charge on any atom is 0.162 e. The molecule has 1 nitrogen and oxygen atoms in total. The summed E-state index contributed by atoms with van der Waals surface area (Å²) in [5.41, 5.74) is 5.75. The van der Waals surface area contributed by atoms with E-state index in [1.807, 2.05) is 0 Å². The highest BCUT2D eigenvalue weighted by Crippen LogP contribution is 2.36. The zero-order chi connectivity index (χ0) is 22.5. The van der Waals surface area contributed by atoms with Crippen LogP contribution in [-0.2, 0) is 17.3 Å². The smallest absolute Gasteiger partial charge is 0.162 e. The van der Waals surface area contributed by atoms with Gasteiger partial charge in [-0.1, -0.05) is 80.1 Å². The summed E-state index contributed by atoms with van der Waals surface area (Å²) >= 11 is 0. The van der Waals surface area contributed by atoms with Crippen molar-refractivity contribution in [2.75, 3.05) is 18.1 Å². The van der Waals surface area contributed by atoms with Crippen LogP contribution in [0.5, 0.6) is 5.75 Å². The van der Waals surface area contributed by atoms with Crippen molar-refractivity contribution in [3.05, 3.63) is 96.1 Å². The molecule has 0 spiro atoms. The van der Waals surface area contributed by atoms with Crippen molar-refractivity contribution < 1.29 is 4.74 Å². The fraction of sp³-hybridized carbons (Fsp3) is 0.290. The highest BCUT2D eigenvalue weighted by atomic mass is 32.2. The van der Waals surface area contributed by atoms with E-state index in [2.05, 4.69) is 91.9 Å². The predicted octanol–water partition coefficient (Wildman–Crippen LogP) is 8.05. The molecular weight excluding hydrogens is 420 g/mol. The zero-order valence-corrected chi connectivity index (χ0v) is 20.4. The van der Waals surface area contributed by atoms with Gasteiger partial charge in [-0.2, -0.15) is 0 Å². The molecule has 6 rings (SSSR count). The Hall–Kier alpha value is -2.71. The van der Waals surface area contributed by atoms with Gasteiger partial charge < -0.3 is 4.74 Å². The van der Waals surface area contributed by atoms with Crippen LogP contribution in [0, 0.1) is 0 Å². The SMILES string of the molecule is CCCCOc1ccc([S+]2CCCC2)c2ccccc12.c1ccc2c(c1)Cc1ccccc1-2. The third-order valence-corrected chi connectivity index (χ3v) is 9.19. The fourth-order valence-corrected chi connectivity index (χ4v) is 7.40. The topological polar surface area (TPSA) is 9.23 Å². The van der Waals surface area contributed by atoms with Gasteiger partial charge in [-0.25, -0.2) is 0 Å². The Labute approximate surface area is 201 Å². The van der Waals surface area contributed by atoms with Crippen molar-refractivity contribution >= 4 is 21.7 Å². The molecule has 4 aromatic carbocycles. The minimum Gasteiger partial charge on any atom is -0.493 e. The van der Waals surface area contributed by atoms with E-state index in [1.54, 1.807) is 4.90 Å². The van der Waals surface area contributed by atoms with E-state index >= 15 is 0 Å². The van der Waals surface area contributed by atoms with Gasteiger partial charge in [0.25, 0.3) is 0 Å². The summed E-state index contributed by atoms with van der Waals surface area (Å²) in [6.45, 7) is 3.03. The van der Waals surface area contributed by atoms with Crippen LogP contribution in [0.1, 0.15) is 43.7 Å². The lowest BCUT2D eigenvalue weighted by atomic mass is 10.1. The molecule has 0 bridgehead atoms. The molecule has 2 aliphatic rings. The summed E-state index contributed by atoms with van der Waals surface area (Å²) in [6, 6.07) is 30.6. The van der Waals surface area contributed by atoms with E-state index in [1.165, 1.54) is 63.8 Å². The Morgan fingerprint density at radius 2 is 1.30 bits per heavy atom. The lowest BCUT2D eigenvalue weighted by Gasteiger charge is -2.11. The van der Waals surface area contributed by atoms with Crippen molar-refractivity contribution in [2.45, 2.75) is 43.9 Å². The highest BCUT2D eigenvalue weighted by Gasteiger charge is 2.29. The van der Waals surface area contributed by atoms with E-state index in [-0.39, 0.29) is 0 Å². The third kappa shape index (κ3) is 4.82. The molecule has 168 valence electrons. The van der Waals surface area contributed by atoms with Gasteiger partial charge in [-0.3, -0.25) is 0 Å². The van der Waals surface area contributed by atoms with Crippen LogP contribution in [0.15, 0.2) is 89.8 Å². The van der Waals surface area contributed by atoms with Gasteiger partial charge in [-0.15, -0.1) is 0 Å². The van der Waals surface area contributed by atoms with Gasteiger partial charge in [0, 0.05) is 21.7 Å². The van der Waals surface area contributed by atoms with Crippen LogP contribution >= 0.6 is 0 Å². The number of hydrogen-bond donors (Lipinski definition) is 0. The van der Waals surface area contributed by atoms with Gasteiger partial charge in [0.2, 0.25) is 0 Å². The molecule has 0 atom stereocenters. The van der Waals surface area contributed by atoms with Gasteiger partial charge in [0.05, 0.1) is 6.61 Å². The predicted molar refractivity (Wildman–Crippen MR) is 144 cm³/mol. The molecule has 4 aromatic rings. The quantitative estimate of drug-likeness (QED) is 0.193. The van der Waals surface area contributed by atoms with Crippen LogP contribution in [0.25, 0.3) is 21.9 Å². The molecule has 0 amide bonds. The second-order valence-corrected chi connectivity index (χ2v) is 11.2. The maximum absolute atomic E-state index is 5.98. The molecule has 0 aromatic heterocycles. The van der Waals surface area contributed by atoms with Crippen molar-refractivity contribution in [2.24, 2.45) is 0 Å². The van der Waals surface area contributed by atoms with Crippen LogP contribution in [0.3, 0.4) is 0 Å².